The average molecular weight is 361 g/mol. The van der Waals surface area contributed by atoms with E-state index < -0.39 is 0 Å². The number of hydrogen-bond donors (Lipinski definition) is 1. The molecule has 1 N–H and O–H groups in total. The maximum absolute atomic E-state index is 5.26. The minimum atomic E-state index is 0.626. The Morgan fingerprint density at radius 1 is 0.889 bits per heavy atom. The minimum Gasteiger partial charge on any atom is -0.497 e. The quantitative estimate of drug-likeness (QED) is 0.567. The Labute approximate surface area is 156 Å². The molecule has 136 valence electrons. The normalized spacial score (nSPS) is 10.7. The van der Waals surface area contributed by atoms with Gasteiger partial charge in [0, 0.05) is 18.2 Å². The summed E-state index contributed by atoms with van der Waals surface area (Å²) in [5.74, 6) is 3.08. The molecule has 0 unspecified atom stereocenters. The first kappa shape index (κ1) is 16.8. The van der Waals surface area contributed by atoms with Crippen LogP contribution in [-0.2, 0) is 6.42 Å². The van der Waals surface area contributed by atoms with Crippen molar-refractivity contribution < 1.29 is 9.47 Å². The van der Waals surface area contributed by atoms with Crippen LogP contribution in [0.5, 0.6) is 11.5 Å². The van der Waals surface area contributed by atoms with Crippen molar-refractivity contribution in [1.82, 2.24) is 19.8 Å². The third kappa shape index (κ3) is 3.67. The Balaban J connectivity index is 1.60. The highest BCUT2D eigenvalue weighted by atomic mass is 16.5. The topological polar surface area (TPSA) is 73.6 Å². The number of fused-ring (bicyclic) bond motifs is 1. The molecule has 0 spiro atoms. The van der Waals surface area contributed by atoms with E-state index in [-0.39, 0.29) is 0 Å². The molecule has 0 atom stereocenters. The minimum absolute atomic E-state index is 0.626. The fourth-order valence-corrected chi connectivity index (χ4v) is 2.78. The van der Waals surface area contributed by atoms with Gasteiger partial charge in [0.2, 0.25) is 0 Å². The lowest BCUT2D eigenvalue weighted by molar-refractivity contribution is 0.414. The zero-order valence-electron chi connectivity index (χ0n) is 15.1. The summed E-state index contributed by atoms with van der Waals surface area (Å²) in [6.45, 7) is 0. The van der Waals surface area contributed by atoms with Crippen molar-refractivity contribution in [1.29, 1.82) is 0 Å². The molecule has 0 radical (unpaired) electrons. The second kappa shape index (κ2) is 7.33. The molecule has 4 rings (SSSR count). The number of ether oxygens (including phenoxy) is 2. The molecule has 0 amide bonds. The van der Waals surface area contributed by atoms with Gasteiger partial charge in [-0.25, -0.2) is 0 Å². The van der Waals surface area contributed by atoms with Crippen LogP contribution in [-0.4, -0.2) is 34.0 Å². The van der Waals surface area contributed by atoms with E-state index in [1.54, 1.807) is 18.7 Å². The Bertz CT molecular complexity index is 1060. The molecule has 0 aliphatic heterocycles. The third-order valence-corrected chi connectivity index (χ3v) is 4.19. The first-order chi connectivity index (χ1) is 13.2. The van der Waals surface area contributed by atoms with Gasteiger partial charge in [0.1, 0.15) is 11.5 Å². The van der Waals surface area contributed by atoms with Crippen molar-refractivity contribution in [2.24, 2.45) is 0 Å². The molecular weight excluding hydrogens is 342 g/mol. The highest BCUT2D eigenvalue weighted by molar-refractivity contribution is 5.59. The summed E-state index contributed by atoms with van der Waals surface area (Å²) >= 11 is 0. The Morgan fingerprint density at radius 2 is 1.70 bits per heavy atom. The van der Waals surface area contributed by atoms with Crippen LogP contribution in [0.1, 0.15) is 11.4 Å². The van der Waals surface area contributed by atoms with Crippen LogP contribution in [0.15, 0.2) is 60.7 Å². The summed E-state index contributed by atoms with van der Waals surface area (Å²) in [6, 6.07) is 19.3. The molecule has 0 bridgehead atoms. The van der Waals surface area contributed by atoms with Crippen LogP contribution in [0.4, 0.5) is 11.5 Å². The predicted molar refractivity (Wildman–Crippen MR) is 103 cm³/mol. The van der Waals surface area contributed by atoms with Gasteiger partial charge >= 0.3 is 0 Å². The summed E-state index contributed by atoms with van der Waals surface area (Å²) in [4.78, 5) is 0. The maximum Gasteiger partial charge on any atom is 0.178 e. The van der Waals surface area contributed by atoms with E-state index in [0.29, 0.717) is 17.9 Å². The van der Waals surface area contributed by atoms with Gasteiger partial charge in [-0.05, 0) is 42.0 Å². The summed E-state index contributed by atoms with van der Waals surface area (Å²) in [5.41, 5.74) is 2.71. The number of nitrogens with one attached hydrogen (secondary N) is 1. The molecule has 0 aliphatic carbocycles. The van der Waals surface area contributed by atoms with Gasteiger partial charge in [-0.1, -0.05) is 18.2 Å². The molecule has 2 aromatic heterocycles. The molecule has 7 heteroatoms. The van der Waals surface area contributed by atoms with Crippen molar-refractivity contribution >= 4 is 17.2 Å². The van der Waals surface area contributed by atoms with Crippen molar-refractivity contribution in [2.45, 2.75) is 6.42 Å². The standard InChI is InChI=1S/C20H19N5O2/c1-26-16-8-6-14(7-9-16)12-20-23-22-19-11-10-18(24-25(19)20)21-15-4-3-5-17(13-15)27-2/h3-11,13H,12H2,1-2H3,(H,21,24). The van der Waals surface area contributed by atoms with Crippen molar-refractivity contribution in [2.75, 3.05) is 19.5 Å². The lowest BCUT2D eigenvalue weighted by Gasteiger charge is -2.08. The number of hydrogen-bond acceptors (Lipinski definition) is 6. The fraction of sp³-hybridized carbons (Fsp3) is 0.150. The monoisotopic (exact) mass is 361 g/mol. The van der Waals surface area contributed by atoms with Crippen LogP contribution >= 0.6 is 0 Å². The summed E-state index contributed by atoms with van der Waals surface area (Å²) < 4.78 is 12.2. The van der Waals surface area contributed by atoms with Gasteiger partial charge in [-0.2, -0.15) is 4.52 Å². The molecule has 0 fully saturated rings. The van der Waals surface area contributed by atoms with Gasteiger partial charge in [0.25, 0.3) is 0 Å². The zero-order valence-corrected chi connectivity index (χ0v) is 15.1. The van der Waals surface area contributed by atoms with Crippen molar-refractivity contribution in [3.63, 3.8) is 0 Å². The Kier molecular flexibility index (Phi) is 4.57. The number of anilines is 2. The lowest BCUT2D eigenvalue weighted by Crippen LogP contribution is -2.03. The zero-order chi connectivity index (χ0) is 18.6. The second-order valence-corrected chi connectivity index (χ2v) is 5.99. The van der Waals surface area contributed by atoms with Gasteiger partial charge < -0.3 is 14.8 Å². The molecule has 27 heavy (non-hydrogen) atoms. The van der Waals surface area contributed by atoms with Crippen LogP contribution in [0.25, 0.3) is 5.65 Å². The Hall–Kier alpha value is -3.61. The van der Waals surface area contributed by atoms with Gasteiger partial charge in [0.15, 0.2) is 17.3 Å². The fourth-order valence-electron chi connectivity index (χ4n) is 2.78. The third-order valence-electron chi connectivity index (χ3n) is 4.19. The van der Waals surface area contributed by atoms with Crippen molar-refractivity contribution in [3.8, 4) is 11.5 Å². The number of aromatic nitrogens is 4. The van der Waals surface area contributed by atoms with E-state index in [4.69, 9.17) is 9.47 Å². The molecule has 0 saturated heterocycles. The summed E-state index contributed by atoms with van der Waals surface area (Å²) in [6.07, 6.45) is 0.626. The Morgan fingerprint density at radius 3 is 2.48 bits per heavy atom. The van der Waals surface area contributed by atoms with Crippen molar-refractivity contribution in [3.05, 3.63) is 72.1 Å². The van der Waals surface area contributed by atoms with E-state index in [9.17, 15) is 0 Å². The molecule has 2 heterocycles. The maximum atomic E-state index is 5.26. The number of methoxy groups -OCH3 is 2. The average Bonchev–Trinajstić information content (AvgIpc) is 3.11. The highest BCUT2D eigenvalue weighted by Crippen LogP contribution is 2.21. The molecule has 7 nitrogen and oxygen atoms in total. The van der Waals surface area contributed by atoms with Crippen LogP contribution < -0.4 is 14.8 Å². The van der Waals surface area contributed by atoms with E-state index in [0.717, 1.165) is 28.6 Å². The second-order valence-electron chi connectivity index (χ2n) is 5.99. The van der Waals surface area contributed by atoms with Crippen LogP contribution in [0.2, 0.25) is 0 Å². The van der Waals surface area contributed by atoms with E-state index in [2.05, 4.69) is 20.6 Å². The predicted octanol–water partition coefficient (Wildman–Crippen LogP) is 3.48. The number of rotatable bonds is 6. The molecule has 0 saturated carbocycles. The SMILES string of the molecule is COc1ccc(Cc2nnc3ccc(Nc4cccc(OC)c4)nn23)cc1. The lowest BCUT2D eigenvalue weighted by atomic mass is 10.1. The van der Waals surface area contributed by atoms with Gasteiger partial charge in [-0.3, -0.25) is 0 Å². The van der Waals surface area contributed by atoms with Gasteiger partial charge in [-0.15, -0.1) is 15.3 Å². The smallest absolute Gasteiger partial charge is 0.178 e. The first-order valence-electron chi connectivity index (χ1n) is 8.50. The number of nitrogens with zero attached hydrogens (tertiary/aromatic N) is 4. The molecule has 2 aromatic carbocycles. The van der Waals surface area contributed by atoms with Crippen LogP contribution in [0, 0.1) is 0 Å². The molecule has 4 aromatic rings. The van der Waals surface area contributed by atoms with Crippen LogP contribution in [0.3, 0.4) is 0 Å². The largest absolute Gasteiger partial charge is 0.497 e. The first-order valence-corrected chi connectivity index (χ1v) is 8.50. The molecule has 0 aliphatic rings. The van der Waals surface area contributed by atoms with E-state index in [1.807, 2.05) is 60.7 Å². The van der Waals surface area contributed by atoms with E-state index in [1.165, 1.54) is 0 Å². The highest BCUT2D eigenvalue weighted by Gasteiger charge is 2.09. The van der Waals surface area contributed by atoms with E-state index >= 15 is 0 Å². The van der Waals surface area contributed by atoms with Gasteiger partial charge in [0.05, 0.1) is 14.2 Å². The molecular formula is C20H19N5O2. The summed E-state index contributed by atoms with van der Waals surface area (Å²) in [7, 11) is 3.30. The number of benzene rings is 2. The summed E-state index contributed by atoms with van der Waals surface area (Å²) in [5, 5.41) is 16.4.